The normalized spacial score (nSPS) is 31.8. The lowest BCUT2D eigenvalue weighted by Crippen LogP contribution is -2.41. The van der Waals surface area contributed by atoms with Crippen LogP contribution in [0.1, 0.15) is 25.7 Å². The summed E-state index contributed by atoms with van der Waals surface area (Å²) in [5, 5.41) is 0. The van der Waals surface area contributed by atoms with Crippen molar-refractivity contribution >= 4 is 23.3 Å². The van der Waals surface area contributed by atoms with Crippen molar-refractivity contribution in [3.63, 3.8) is 0 Å². The van der Waals surface area contributed by atoms with Crippen LogP contribution in [-0.2, 0) is 9.59 Å². The van der Waals surface area contributed by atoms with E-state index in [1.807, 2.05) is 0 Å². The van der Waals surface area contributed by atoms with E-state index in [4.69, 9.17) is 11.6 Å². The molecule has 3 nitrogen and oxygen atoms in total. The van der Waals surface area contributed by atoms with Gasteiger partial charge >= 0.3 is 0 Å². The lowest BCUT2D eigenvalue weighted by Gasteiger charge is -2.30. The summed E-state index contributed by atoms with van der Waals surface area (Å²) >= 11 is 5.52. The second-order valence-corrected chi connectivity index (χ2v) is 4.39. The lowest BCUT2D eigenvalue weighted by molar-refractivity contribution is -0.131. The van der Waals surface area contributed by atoms with Crippen molar-refractivity contribution in [2.75, 3.05) is 12.4 Å². The zero-order chi connectivity index (χ0) is 10.1. The fourth-order valence-corrected chi connectivity index (χ4v) is 2.75. The number of amides is 1. The largest absolute Gasteiger partial charge is 0.338 e. The molecule has 2 aliphatic rings. The zero-order valence-corrected chi connectivity index (χ0v) is 8.79. The van der Waals surface area contributed by atoms with E-state index in [1.165, 1.54) is 0 Å². The van der Waals surface area contributed by atoms with Crippen molar-refractivity contribution in [1.82, 2.24) is 4.90 Å². The molecule has 14 heavy (non-hydrogen) atoms. The summed E-state index contributed by atoms with van der Waals surface area (Å²) in [6.07, 6.45) is 3.24. The number of hydrogen-bond acceptors (Lipinski definition) is 2. The average molecular weight is 216 g/mol. The highest BCUT2D eigenvalue weighted by atomic mass is 35.5. The number of halogens is 1. The molecular formula is C10H14ClNO2. The summed E-state index contributed by atoms with van der Waals surface area (Å²) in [7, 11) is 0. The number of alkyl halides is 1. The van der Waals surface area contributed by atoms with Crippen LogP contribution in [0.4, 0.5) is 0 Å². The first kappa shape index (κ1) is 9.97. The minimum Gasteiger partial charge on any atom is -0.338 e. The van der Waals surface area contributed by atoms with Crippen LogP contribution in [0.15, 0.2) is 0 Å². The smallest absolute Gasteiger partial charge is 0.237 e. The predicted molar refractivity (Wildman–Crippen MR) is 53.2 cm³/mol. The maximum Gasteiger partial charge on any atom is 0.237 e. The van der Waals surface area contributed by atoms with Crippen LogP contribution in [0.5, 0.6) is 0 Å². The third kappa shape index (κ3) is 1.65. The Balaban J connectivity index is 2.08. The van der Waals surface area contributed by atoms with E-state index in [-0.39, 0.29) is 17.8 Å². The van der Waals surface area contributed by atoms with Crippen molar-refractivity contribution < 1.29 is 9.59 Å². The molecule has 1 amide bonds. The Hall–Kier alpha value is -0.570. The zero-order valence-electron chi connectivity index (χ0n) is 8.04. The van der Waals surface area contributed by atoms with E-state index < -0.39 is 0 Å². The number of nitrogens with zero attached hydrogens (tertiary/aromatic N) is 1. The van der Waals surface area contributed by atoms with Gasteiger partial charge in [-0.25, -0.2) is 0 Å². The van der Waals surface area contributed by atoms with E-state index in [0.717, 1.165) is 19.4 Å². The molecule has 1 heterocycles. The second kappa shape index (κ2) is 3.89. The van der Waals surface area contributed by atoms with Crippen LogP contribution in [0.25, 0.3) is 0 Å². The van der Waals surface area contributed by atoms with Crippen LogP contribution in [0, 0.1) is 5.92 Å². The third-order valence-corrected chi connectivity index (χ3v) is 3.58. The van der Waals surface area contributed by atoms with Gasteiger partial charge in [0.25, 0.3) is 0 Å². The quantitative estimate of drug-likeness (QED) is 0.617. The molecule has 0 N–H and O–H groups in total. The number of hydrogen-bond donors (Lipinski definition) is 0. The van der Waals surface area contributed by atoms with Gasteiger partial charge in [0.2, 0.25) is 5.91 Å². The van der Waals surface area contributed by atoms with Crippen LogP contribution < -0.4 is 0 Å². The first-order valence-electron chi connectivity index (χ1n) is 5.09. The molecule has 78 valence electrons. The number of rotatable bonds is 1. The van der Waals surface area contributed by atoms with E-state index in [2.05, 4.69) is 0 Å². The molecular weight excluding hydrogens is 202 g/mol. The Bertz CT molecular complexity index is 267. The Kier molecular flexibility index (Phi) is 2.77. The number of carbonyl (C=O) groups excluding carboxylic acids is 2. The first-order valence-corrected chi connectivity index (χ1v) is 5.63. The summed E-state index contributed by atoms with van der Waals surface area (Å²) in [5.41, 5.74) is 0. The number of carbonyl (C=O) groups is 2. The van der Waals surface area contributed by atoms with Gasteiger partial charge in [0.1, 0.15) is 11.7 Å². The van der Waals surface area contributed by atoms with E-state index >= 15 is 0 Å². The highest BCUT2D eigenvalue weighted by Gasteiger charge is 2.40. The Morgan fingerprint density at radius 3 is 3.00 bits per heavy atom. The molecule has 0 bridgehead atoms. The second-order valence-electron chi connectivity index (χ2n) is 4.12. The summed E-state index contributed by atoms with van der Waals surface area (Å²) in [6, 6.07) is 0.155. The van der Waals surface area contributed by atoms with Crippen LogP contribution >= 0.6 is 11.6 Å². The molecule has 1 saturated carbocycles. The van der Waals surface area contributed by atoms with Gasteiger partial charge in [0.15, 0.2) is 0 Å². The summed E-state index contributed by atoms with van der Waals surface area (Å²) in [6.45, 7) is 0.786. The topological polar surface area (TPSA) is 37.4 Å². The fourth-order valence-electron chi connectivity index (χ4n) is 2.60. The maximum atomic E-state index is 11.5. The van der Waals surface area contributed by atoms with Crippen LogP contribution in [-0.4, -0.2) is 35.1 Å². The molecule has 0 aromatic heterocycles. The molecule has 2 rings (SSSR count). The Labute approximate surface area is 88.4 Å². The molecule has 4 heteroatoms. The molecule has 0 unspecified atom stereocenters. The van der Waals surface area contributed by atoms with E-state index in [0.29, 0.717) is 24.5 Å². The Morgan fingerprint density at radius 2 is 2.29 bits per heavy atom. The maximum absolute atomic E-state index is 11.5. The number of fused-ring (bicyclic) bond motifs is 1. The fraction of sp³-hybridized carbons (Fsp3) is 0.800. The van der Waals surface area contributed by atoms with Gasteiger partial charge in [0.05, 0.1) is 0 Å². The molecule has 1 aliphatic carbocycles. The van der Waals surface area contributed by atoms with Crippen LogP contribution in [0.3, 0.4) is 0 Å². The van der Waals surface area contributed by atoms with Crippen molar-refractivity contribution in [2.45, 2.75) is 31.7 Å². The highest BCUT2D eigenvalue weighted by molar-refractivity contribution is 6.27. The van der Waals surface area contributed by atoms with Crippen molar-refractivity contribution in [1.29, 1.82) is 0 Å². The van der Waals surface area contributed by atoms with Gasteiger partial charge in [-0.3, -0.25) is 9.59 Å². The minimum absolute atomic E-state index is 0.0196. The van der Waals surface area contributed by atoms with Crippen LogP contribution in [0.2, 0.25) is 0 Å². The molecule has 1 saturated heterocycles. The lowest BCUT2D eigenvalue weighted by atomic mass is 9.84. The molecule has 0 aromatic rings. The first-order chi connectivity index (χ1) is 6.72. The molecule has 2 atom stereocenters. The third-order valence-electron chi connectivity index (χ3n) is 3.35. The number of likely N-dealkylation sites (tertiary alicyclic amines) is 1. The highest BCUT2D eigenvalue weighted by Crippen LogP contribution is 2.34. The van der Waals surface area contributed by atoms with Crippen molar-refractivity contribution in [3.8, 4) is 0 Å². The predicted octanol–water partition coefficient (Wildman–Crippen LogP) is 1.20. The monoisotopic (exact) mass is 215 g/mol. The minimum atomic E-state index is -0.0196. The molecule has 0 aromatic carbocycles. The number of Topliss-reactive ketones (excluding diaryl/α,β-unsaturated/α-hetero) is 1. The van der Waals surface area contributed by atoms with Crippen molar-refractivity contribution in [3.05, 3.63) is 0 Å². The molecule has 0 spiro atoms. The standard InChI is InChI=1S/C10H14ClNO2/c11-6-10(14)12-4-3-7-1-2-8(13)5-9(7)12/h7,9H,1-6H2/t7-,9-/m0/s1. The van der Waals surface area contributed by atoms with Gasteiger partial charge in [-0.2, -0.15) is 0 Å². The summed E-state index contributed by atoms with van der Waals surface area (Å²) in [5.74, 6) is 0.853. The van der Waals surface area contributed by atoms with Gasteiger partial charge in [-0.05, 0) is 18.8 Å². The SMILES string of the molecule is O=C1CC[C@H]2CCN(C(=O)CCl)[C@H]2C1. The molecule has 1 aliphatic heterocycles. The van der Waals surface area contributed by atoms with Gasteiger partial charge in [0, 0.05) is 25.4 Å². The van der Waals surface area contributed by atoms with Crippen molar-refractivity contribution in [2.24, 2.45) is 5.92 Å². The Morgan fingerprint density at radius 1 is 1.50 bits per heavy atom. The molecule has 2 fully saturated rings. The van der Waals surface area contributed by atoms with Gasteiger partial charge < -0.3 is 4.90 Å². The van der Waals surface area contributed by atoms with E-state index in [1.54, 1.807) is 4.90 Å². The van der Waals surface area contributed by atoms with Gasteiger partial charge in [-0.1, -0.05) is 0 Å². The number of ketones is 1. The summed E-state index contributed by atoms with van der Waals surface area (Å²) in [4.78, 5) is 24.5. The average Bonchev–Trinajstić information content (AvgIpc) is 2.59. The molecule has 0 radical (unpaired) electrons. The van der Waals surface area contributed by atoms with Gasteiger partial charge in [-0.15, -0.1) is 11.6 Å². The van der Waals surface area contributed by atoms with E-state index in [9.17, 15) is 9.59 Å². The summed E-state index contributed by atoms with van der Waals surface area (Å²) < 4.78 is 0.